The molecule has 0 N–H and O–H groups in total. The van der Waals surface area contributed by atoms with E-state index >= 15 is 0 Å². The lowest BCUT2D eigenvalue weighted by molar-refractivity contribution is -0.0704. The van der Waals surface area contributed by atoms with Crippen LogP contribution in [0.1, 0.15) is 32.3 Å². The fourth-order valence-electron chi connectivity index (χ4n) is 3.46. The molecule has 0 aliphatic carbocycles. The largest absolute Gasteiger partial charge is 0.373 e. The summed E-state index contributed by atoms with van der Waals surface area (Å²) in [5.74, 6) is 0. The van der Waals surface area contributed by atoms with Crippen LogP contribution in [0.2, 0.25) is 0 Å². The van der Waals surface area contributed by atoms with Crippen LogP contribution in [0.5, 0.6) is 0 Å². The average molecular weight is 274 g/mol. The third kappa shape index (κ3) is 3.33. The van der Waals surface area contributed by atoms with E-state index in [1.165, 1.54) is 37.2 Å². The molecular formula is C17H26N2O. The third-order valence-electron chi connectivity index (χ3n) is 4.31. The van der Waals surface area contributed by atoms with Crippen LogP contribution >= 0.6 is 0 Å². The molecule has 3 rings (SSSR count). The van der Waals surface area contributed by atoms with Crippen molar-refractivity contribution < 1.29 is 4.74 Å². The maximum absolute atomic E-state index is 5.79. The minimum absolute atomic E-state index is 0.350. The summed E-state index contributed by atoms with van der Waals surface area (Å²) >= 11 is 0. The van der Waals surface area contributed by atoms with Crippen molar-refractivity contribution in [3.05, 3.63) is 29.8 Å². The van der Waals surface area contributed by atoms with Gasteiger partial charge in [-0.2, -0.15) is 0 Å². The van der Waals surface area contributed by atoms with Gasteiger partial charge in [0, 0.05) is 38.4 Å². The number of anilines is 1. The van der Waals surface area contributed by atoms with Gasteiger partial charge in [0.15, 0.2) is 0 Å². The zero-order valence-corrected chi connectivity index (χ0v) is 12.7. The molecule has 1 aromatic rings. The Bertz CT molecular complexity index is 415. The number of morpholine rings is 1. The van der Waals surface area contributed by atoms with Crippen LogP contribution in [0.4, 0.5) is 5.69 Å². The van der Waals surface area contributed by atoms with E-state index in [1.807, 2.05) is 0 Å². The second-order valence-corrected chi connectivity index (χ2v) is 6.31. The van der Waals surface area contributed by atoms with Gasteiger partial charge in [-0.05, 0) is 44.4 Å². The molecule has 2 aliphatic heterocycles. The highest BCUT2D eigenvalue weighted by Gasteiger charge is 2.22. The molecule has 0 saturated carbocycles. The van der Waals surface area contributed by atoms with Crippen molar-refractivity contribution >= 4 is 5.69 Å². The summed E-state index contributed by atoms with van der Waals surface area (Å²) in [6.45, 7) is 9.89. The molecule has 0 spiro atoms. The quantitative estimate of drug-likeness (QED) is 0.843. The number of ether oxygens (including phenoxy) is 1. The molecule has 0 amide bonds. The van der Waals surface area contributed by atoms with Crippen molar-refractivity contribution in [3.8, 4) is 0 Å². The van der Waals surface area contributed by atoms with Gasteiger partial charge in [0.2, 0.25) is 0 Å². The van der Waals surface area contributed by atoms with E-state index in [2.05, 4.69) is 47.9 Å². The lowest BCUT2D eigenvalue weighted by atomic mass is 10.1. The molecular weight excluding hydrogens is 248 g/mol. The Hall–Kier alpha value is -1.06. The molecule has 2 unspecified atom stereocenters. The Morgan fingerprint density at radius 3 is 2.20 bits per heavy atom. The molecule has 2 saturated heterocycles. The van der Waals surface area contributed by atoms with E-state index in [1.54, 1.807) is 0 Å². The lowest BCUT2D eigenvalue weighted by Crippen LogP contribution is -2.44. The van der Waals surface area contributed by atoms with Crippen molar-refractivity contribution in [2.45, 2.75) is 45.4 Å². The van der Waals surface area contributed by atoms with E-state index in [4.69, 9.17) is 4.74 Å². The number of hydrogen-bond donors (Lipinski definition) is 0. The molecule has 20 heavy (non-hydrogen) atoms. The van der Waals surface area contributed by atoms with Gasteiger partial charge in [0.1, 0.15) is 0 Å². The lowest BCUT2D eigenvalue weighted by Gasteiger charge is -2.35. The highest BCUT2D eigenvalue weighted by atomic mass is 16.5. The molecule has 0 bridgehead atoms. The molecule has 2 atom stereocenters. The maximum Gasteiger partial charge on any atom is 0.0678 e. The first-order valence-corrected chi connectivity index (χ1v) is 7.92. The standard InChI is InChI=1S/C17H26N2O/c1-14-11-18(12-15(2)20-14)13-16-5-7-17(8-6-16)19-9-3-4-10-19/h5-8,14-15H,3-4,9-13H2,1-2H3. The van der Waals surface area contributed by atoms with E-state index in [-0.39, 0.29) is 0 Å². The van der Waals surface area contributed by atoms with Gasteiger partial charge in [-0.15, -0.1) is 0 Å². The molecule has 2 aliphatic rings. The molecule has 110 valence electrons. The smallest absolute Gasteiger partial charge is 0.0678 e. The highest BCUT2D eigenvalue weighted by molar-refractivity contribution is 5.48. The summed E-state index contributed by atoms with van der Waals surface area (Å²) in [4.78, 5) is 4.99. The number of hydrogen-bond acceptors (Lipinski definition) is 3. The van der Waals surface area contributed by atoms with Crippen LogP contribution in [0, 0.1) is 0 Å². The number of benzene rings is 1. The Morgan fingerprint density at radius 1 is 1.00 bits per heavy atom. The molecule has 3 nitrogen and oxygen atoms in total. The second kappa shape index (κ2) is 6.15. The van der Waals surface area contributed by atoms with E-state index in [0.29, 0.717) is 12.2 Å². The molecule has 3 heteroatoms. The van der Waals surface area contributed by atoms with Crippen molar-refractivity contribution in [2.75, 3.05) is 31.1 Å². The van der Waals surface area contributed by atoms with Crippen LogP contribution in [-0.4, -0.2) is 43.3 Å². The first-order valence-electron chi connectivity index (χ1n) is 7.92. The van der Waals surface area contributed by atoms with Gasteiger partial charge < -0.3 is 9.64 Å². The van der Waals surface area contributed by atoms with Crippen LogP contribution < -0.4 is 4.90 Å². The van der Waals surface area contributed by atoms with Gasteiger partial charge in [-0.3, -0.25) is 4.90 Å². The zero-order valence-electron chi connectivity index (χ0n) is 12.7. The van der Waals surface area contributed by atoms with Gasteiger partial charge >= 0.3 is 0 Å². The topological polar surface area (TPSA) is 15.7 Å². The van der Waals surface area contributed by atoms with Gasteiger partial charge in [0.05, 0.1) is 12.2 Å². The number of rotatable bonds is 3. The van der Waals surface area contributed by atoms with Crippen LogP contribution in [0.3, 0.4) is 0 Å². The summed E-state index contributed by atoms with van der Waals surface area (Å²) < 4.78 is 5.79. The Labute approximate surface area is 122 Å². The second-order valence-electron chi connectivity index (χ2n) is 6.31. The van der Waals surface area contributed by atoms with Crippen molar-refractivity contribution in [2.24, 2.45) is 0 Å². The van der Waals surface area contributed by atoms with Crippen LogP contribution in [-0.2, 0) is 11.3 Å². The maximum atomic E-state index is 5.79. The predicted molar refractivity (Wildman–Crippen MR) is 83.2 cm³/mol. The fraction of sp³-hybridized carbons (Fsp3) is 0.647. The van der Waals surface area contributed by atoms with E-state index in [9.17, 15) is 0 Å². The Morgan fingerprint density at radius 2 is 1.60 bits per heavy atom. The predicted octanol–water partition coefficient (Wildman–Crippen LogP) is 2.90. The first-order chi connectivity index (χ1) is 9.70. The summed E-state index contributed by atoms with van der Waals surface area (Å²) in [7, 11) is 0. The van der Waals surface area contributed by atoms with Gasteiger partial charge in [-0.1, -0.05) is 12.1 Å². The monoisotopic (exact) mass is 274 g/mol. The van der Waals surface area contributed by atoms with Gasteiger partial charge in [0.25, 0.3) is 0 Å². The summed E-state index contributed by atoms with van der Waals surface area (Å²) in [6.07, 6.45) is 3.38. The Kier molecular flexibility index (Phi) is 4.27. The fourth-order valence-corrected chi connectivity index (χ4v) is 3.46. The normalized spacial score (nSPS) is 28.0. The van der Waals surface area contributed by atoms with Crippen molar-refractivity contribution in [1.82, 2.24) is 4.90 Å². The first kappa shape index (κ1) is 13.9. The van der Waals surface area contributed by atoms with Crippen LogP contribution in [0.25, 0.3) is 0 Å². The summed E-state index contributed by atoms with van der Waals surface area (Å²) in [5.41, 5.74) is 2.80. The minimum Gasteiger partial charge on any atom is -0.373 e. The minimum atomic E-state index is 0.350. The SMILES string of the molecule is CC1CN(Cc2ccc(N3CCCC3)cc2)CC(C)O1. The highest BCUT2D eigenvalue weighted by Crippen LogP contribution is 2.21. The zero-order chi connectivity index (χ0) is 13.9. The number of nitrogens with zero attached hydrogens (tertiary/aromatic N) is 2. The molecule has 0 radical (unpaired) electrons. The molecule has 1 aromatic carbocycles. The van der Waals surface area contributed by atoms with E-state index in [0.717, 1.165) is 19.6 Å². The van der Waals surface area contributed by atoms with Gasteiger partial charge in [-0.25, -0.2) is 0 Å². The summed E-state index contributed by atoms with van der Waals surface area (Å²) in [6, 6.07) is 9.15. The Balaban J connectivity index is 1.60. The molecule has 0 aromatic heterocycles. The van der Waals surface area contributed by atoms with E-state index < -0.39 is 0 Å². The molecule has 2 heterocycles. The molecule has 2 fully saturated rings. The third-order valence-corrected chi connectivity index (χ3v) is 4.31. The summed E-state index contributed by atoms with van der Waals surface area (Å²) in [5, 5.41) is 0. The van der Waals surface area contributed by atoms with Crippen LogP contribution in [0.15, 0.2) is 24.3 Å². The average Bonchev–Trinajstić information content (AvgIpc) is 2.92. The van der Waals surface area contributed by atoms with Crippen molar-refractivity contribution in [1.29, 1.82) is 0 Å². The van der Waals surface area contributed by atoms with Crippen molar-refractivity contribution in [3.63, 3.8) is 0 Å².